The fourth-order valence-corrected chi connectivity index (χ4v) is 4.50. The molecule has 3 rings (SSSR count). The summed E-state index contributed by atoms with van der Waals surface area (Å²) in [6.07, 6.45) is 5.55. The van der Waals surface area contributed by atoms with E-state index in [4.69, 9.17) is 9.84 Å². The van der Waals surface area contributed by atoms with Gasteiger partial charge < -0.3 is 10.1 Å². The number of ether oxygens (including phenoxy) is 1. The van der Waals surface area contributed by atoms with Crippen molar-refractivity contribution in [3.8, 4) is 0 Å². The summed E-state index contributed by atoms with van der Waals surface area (Å²) in [5.74, 6) is 2.40. The zero-order valence-corrected chi connectivity index (χ0v) is 14.2. The summed E-state index contributed by atoms with van der Waals surface area (Å²) in [6.45, 7) is 8.26. The van der Waals surface area contributed by atoms with Crippen molar-refractivity contribution in [2.45, 2.75) is 63.8 Å². The van der Waals surface area contributed by atoms with E-state index in [2.05, 4.69) is 43.0 Å². The van der Waals surface area contributed by atoms with Crippen LogP contribution in [0.5, 0.6) is 0 Å². The summed E-state index contributed by atoms with van der Waals surface area (Å²) >= 11 is 2.03. The Morgan fingerprint density at radius 1 is 1.52 bits per heavy atom. The van der Waals surface area contributed by atoms with Crippen molar-refractivity contribution in [1.82, 2.24) is 15.1 Å². The summed E-state index contributed by atoms with van der Waals surface area (Å²) in [5, 5.41) is 8.28. The largest absolute Gasteiger partial charge is 0.374 e. The third kappa shape index (κ3) is 3.82. The highest BCUT2D eigenvalue weighted by atomic mass is 32.2. The number of hydrogen-bond donors (Lipinski definition) is 1. The SMILES string of the molecule is CC(C)(C)NCc1ccn(C2CCOC3(CCSC3)C2)n1. The highest BCUT2D eigenvalue weighted by Gasteiger charge is 2.41. The summed E-state index contributed by atoms with van der Waals surface area (Å²) in [7, 11) is 0. The molecule has 2 aliphatic heterocycles. The van der Waals surface area contributed by atoms with Crippen LogP contribution in [0.1, 0.15) is 51.8 Å². The van der Waals surface area contributed by atoms with Gasteiger partial charge >= 0.3 is 0 Å². The van der Waals surface area contributed by atoms with Crippen molar-refractivity contribution in [1.29, 1.82) is 0 Å². The first-order valence-electron chi connectivity index (χ1n) is 7.97. The maximum Gasteiger partial charge on any atom is 0.0800 e. The van der Waals surface area contributed by atoms with Crippen molar-refractivity contribution in [2.75, 3.05) is 18.1 Å². The predicted molar refractivity (Wildman–Crippen MR) is 87.7 cm³/mol. The number of nitrogens with one attached hydrogen (secondary N) is 1. The van der Waals surface area contributed by atoms with E-state index in [9.17, 15) is 0 Å². The van der Waals surface area contributed by atoms with E-state index in [1.54, 1.807) is 0 Å². The van der Waals surface area contributed by atoms with Gasteiger partial charge in [0.15, 0.2) is 0 Å². The molecule has 3 heterocycles. The smallest absolute Gasteiger partial charge is 0.0800 e. The highest BCUT2D eigenvalue weighted by Crippen LogP contribution is 2.41. The minimum atomic E-state index is 0.128. The maximum atomic E-state index is 6.10. The van der Waals surface area contributed by atoms with E-state index in [1.165, 1.54) is 12.2 Å². The van der Waals surface area contributed by atoms with E-state index >= 15 is 0 Å². The van der Waals surface area contributed by atoms with Crippen LogP contribution in [-0.2, 0) is 11.3 Å². The summed E-state index contributed by atoms with van der Waals surface area (Å²) < 4.78 is 8.28. The average molecular weight is 309 g/mol. The maximum absolute atomic E-state index is 6.10. The quantitative estimate of drug-likeness (QED) is 0.931. The Morgan fingerprint density at radius 3 is 3.10 bits per heavy atom. The monoisotopic (exact) mass is 309 g/mol. The molecule has 21 heavy (non-hydrogen) atoms. The molecule has 1 aromatic heterocycles. The Balaban J connectivity index is 1.63. The molecule has 1 N–H and O–H groups in total. The van der Waals surface area contributed by atoms with Crippen molar-refractivity contribution < 1.29 is 4.74 Å². The number of aromatic nitrogens is 2. The van der Waals surface area contributed by atoms with Gasteiger partial charge in [-0.05, 0) is 51.9 Å². The van der Waals surface area contributed by atoms with Gasteiger partial charge in [-0.25, -0.2) is 0 Å². The van der Waals surface area contributed by atoms with Crippen molar-refractivity contribution in [3.05, 3.63) is 18.0 Å². The molecular formula is C16H27N3OS. The fourth-order valence-electron chi connectivity index (χ4n) is 3.12. The van der Waals surface area contributed by atoms with Gasteiger partial charge in [0.25, 0.3) is 0 Å². The molecule has 1 aromatic rings. The van der Waals surface area contributed by atoms with E-state index in [1.807, 2.05) is 11.8 Å². The Kier molecular flexibility index (Phi) is 4.35. The summed E-state index contributed by atoms with van der Waals surface area (Å²) in [5.41, 5.74) is 1.39. The minimum absolute atomic E-state index is 0.128. The van der Waals surface area contributed by atoms with Crippen molar-refractivity contribution >= 4 is 11.8 Å². The first-order valence-corrected chi connectivity index (χ1v) is 9.12. The van der Waals surface area contributed by atoms with Crippen LogP contribution in [-0.4, -0.2) is 39.0 Å². The molecule has 2 saturated heterocycles. The molecule has 2 fully saturated rings. The van der Waals surface area contributed by atoms with Crippen LogP contribution >= 0.6 is 11.8 Å². The third-order valence-corrected chi connectivity index (χ3v) is 5.59. The number of thioether (sulfide) groups is 1. The molecule has 2 aliphatic rings. The van der Waals surface area contributed by atoms with Crippen LogP contribution in [0.4, 0.5) is 0 Å². The molecule has 5 heteroatoms. The van der Waals surface area contributed by atoms with Crippen LogP contribution in [0, 0.1) is 0 Å². The summed E-state index contributed by atoms with van der Waals surface area (Å²) in [6, 6.07) is 2.64. The number of nitrogens with zero attached hydrogens (tertiary/aromatic N) is 2. The van der Waals surface area contributed by atoms with Gasteiger partial charge in [0, 0.05) is 30.6 Å². The lowest BCUT2D eigenvalue weighted by molar-refractivity contribution is -0.0778. The molecule has 4 nitrogen and oxygen atoms in total. The Morgan fingerprint density at radius 2 is 2.38 bits per heavy atom. The summed E-state index contributed by atoms with van der Waals surface area (Å²) in [4.78, 5) is 0. The van der Waals surface area contributed by atoms with Gasteiger partial charge in [-0.2, -0.15) is 16.9 Å². The lowest BCUT2D eigenvalue weighted by atomic mass is 9.90. The second-order valence-electron chi connectivity index (χ2n) is 7.37. The molecule has 1 spiro atoms. The zero-order chi connectivity index (χ0) is 14.9. The van der Waals surface area contributed by atoms with E-state index in [0.717, 1.165) is 37.4 Å². The van der Waals surface area contributed by atoms with Gasteiger partial charge in [-0.3, -0.25) is 4.68 Å². The molecule has 0 amide bonds. The first kappa shape index (κ1) is 15.4. The molecule has 0 aliphatic carbocycles. The minimum Gasteiger partial charge on any atom is -0.374 e. The first-order chi connectivity index (χ1) is 9.96. The van der Waals surface area contributed by atoms with Gasteiger partial charge in [-0.1, -0.05) is 0 Å². The van der Waals surface area contributed by atoms with Crippen LogP contribution < -0.4 is 5.32 Å². The fraction of sp³-hybridized carbons (Fsp3) is 0.812. The number of rotatable bonds is 3. The lowest BCUT2D eigenvalue weighted by Crippen LogP contribution is -2.40. The second-order valence-corrected chi connectivity index (χ2v) is 8.48. The van der Waals surface area contributed by atoms with E-state index in [0.29, 0.717) is 6.04 Å². The topological polar surface area (TPSA) is 39.1 Å². The van der Waals surface area contributed by atoms with E-state index in [-0.39, 0.29) is 11.1 Å². The van der Waals surface area contributed by atoms with Crippen LogP contribution in [0.25, 0.3) is 0 Å². The second kappa shape index (κ2) is 5.94. The molecule has 2 unspecified atom stereocenters. The molecule has 118 valence electrons. The van der Waals surface area contributed by atoms with Gasteiger partial charge in [-0.15, -0.1) is 0 Å². The van der Waals surface area contributed by atoms with Gasteiger partial charge in [0.05, 0.1) is 17.3 Å². The van der Waals surface area contributed by atoms with Crippen LogP contribution in [0.2, 0.25) is 0 Å². The molecule has 0 aromatic carbocycles. The zero-order valence-electron chi connectivity index (χ0n) is 13.4. The van der Waals surface area contributed by atoms with E-state index < -0.39 is 0 Å². The van der Waals surface area contributed by atoms with Crippen LogP contribution in [0.15, 0.2) is 12.3 Å². The Hall–Kier alpha value is -0.520. The molecule has 2 atom stereocenters. The Bertz CT molecular complexity index is 474. The van der Waals surface area contributed by atoms with Crippen LogP contribution in [0.3, 0.4) is 0 Å². The molecule has 0 bridgehead atoms. The number of hydrogen-bond acceptors (Lipinski definition) is 4. The van der Waals surface area contributed by atoms with Crippen molar-refractivity contribution in [2.24, 2.45) is 0 Å². The molecule has 0 radical (unpaired) electrons. The standard InChI is InChI=1S/C16H27N3OS/c1-15(2,3)17-11-13-4-7-19(18-13)14-5-8-20-16(10-14)6-9-21-12-16/h4,7,14,17H,5-6,8-12H2,1-3H3. The average Bonchev–Trinajstić information content (AvgIpc) is 3.06. The normalized spacial score (nSPS) is 30.1. The predicted octanol–water partition coefficient (Wildman–Crippen LogP) is 3.00. The van der Waals surface area contributed by atoms with Gasteiger partial charge in [0.2, 0.25) is 0 Å². The lowest BCUT2D eigenvalue weighted by Gasteiger charge is -2.37. The highest BCUT2D eigenvalue weighted by molar-refractivity contribution is 7.99. The van der Waals surface area contributed by atoms with Crippen molar-refractivity contribution in [3.63, 3.8) is 0 Å². The van der Waals surface area contributed by atoms with Gasteiger partial charge in [0.1, 0.15) is 0 Å². The Labute approximate surface area is 132 Å². The molecular weight excluding hydrogens is 282 g/mol. The third-order valence-electron chi connectivity index (χ3n) is 4.37. The molecule has 0 saturated carbocycles.